The van der Waals surface area contributed by atoms with Gasteiger partial charge in [-0.2, -0.15) is 0 Å². The van der Waals surface area contributed by atoms with E-state index < -0.39 is 0 Å². The zero-order valence-electron chi connectivity index (χ0n) is 8.06. The van der Waals surface area contributed by atoms with Gasteiger partial charge in [-0.15, -0.1) is 0 Å². The second-order valence-electron chi connectivity index (χ2n) is 1.21. The first-order valence-corrected chi connectivity index (χ1v) is 2.10. The first-order valence-electron chi connectivity index (χ1n) is 4.10. The molecule has 40 valence electrons. The van der Waals surface area contributed by atoms with Crippen molar-refractivity contribution < 1.29 is 10.3 Å². The van der Waals surface area contributed by atoms with Gasteiger partial charge in [0.25, 0.3) is 0 Å². The molecule has 0 bridgehead atoms. The largest absolute Gasteiger partial charge is 0.298 e. The number of carbonyl (C=O) groups excluding carboxylic acids is 1. The Balaban J connectivity index is 3.52. The molecule has 0 saturated heterocycles. The Morgan fingerprint density at radius 2 is 2.12 bits per heavy atom. The molecule has 0 aliphatic rings. The summed E-state index contributed by atoms with van der Waals surface area (Å²) in [6, 6.07) is 0.116. The highest BCUT2D eigenvalue weighted by molar-refractivity contribution is 5.74. The standard InChI is InChI=1S/C7H6O/c8-6-7-4-2-1-3-5-7/h1-6H/i2D,3D,4D,5D. The van der Waals surface area contributed by atoms with Crippen molar-refractivity contribution in [1.29, 1.82) is 0 Å². The van der Waals surface area contributed by atoms with E-state index >= 15 is 0 Å². The molecule has 0 fully saturated rings. The summed E-state index contributed by atoms with van der Waals surface area (Å²) in [4.78, 5) is 10.3. The molecule has 0 spiro atoms. The van der Waals surface area contributed by atoms with E-state index in [1.807, 2.05) is 0 Å². The zero-order valence-corrected chi connectivity index (χ0v) is 4.06. The third-order valence-corrected chi connectivity index (χ3v) is 0.676. The van der Waals surface area contributed by atoms with Crippen LogP contribution in [0, 0.1) is 0 Å². The summed E-state index contributed by atoms with van der Waals surface area (Å²) < 4.78 is 28.7. The Labute approximate surface area is 53.6 Å². The molecule has 0 aromatic heterocycles. The molecule has 1 nitrogen and oxygen atoms in total. The Bertz CT molecular complexity index is 308. The predicted octanol–water partition coefficient (Wildman–Crippen LogP) is 1.50. The van der Waals surface area contributed by atoms with Gasteiger partial charge in [-0.3, -0.25) is 4.79 Å². The van der Waals surface area contributed by atoms with Gasteiger partial charge in [0, 0.05) is 5.56 Å². The molecule has 0 N–H and O–H groups in total. The van der Waals surface area contributed by atoms with Crippen LogP contribution in [0.3, 0.4) is 0 Å². The van der Waals surface area contributed by atoms with E-state index in [2.05, 4.69) is 0 Å². The van der Waals surface area contributed by atoms with Gasteiger partial charge in [-0.25, -0.2) is 0 Å². The topological polar surface area (TPSA) is 17.1 Å². The molecule has 0 unspecified atom stereocenters. The van der Waals surface area contributed by atoms with Crippen LogP contribution in [0.5, 0.6) is 0 Å². The fraction of sp³-hybridized carbons (Fsp3) is 0. The Hall–Kier alpha value is -1.11. The molecule has 1 rings (SSSR count). The van der Waals surface area contributed by atoms with Crippen molar-refractivity contribution in [2.45, 2.75) is 0 Å². The fourth-order valence-electron chi connectivity index (χ4n) is 0.354. The van der Waals surface area contributed by atoms with Gasteiger partial charge in [0.1, 0.15) is 6.29 Å². The number of hydrogen-bond acceptors (Lipinski definition) is 1. The molecule has 0 aliphatic carbocycles. The van der Waals surface area contributed by atoms with Crippen molar-refractivity contribution in [2.75, 3.05) is 0 Å². The lowest BCUT2D eigenvalue weighted by Gasteiger charge is -1.81. The third-order valence-electron chi connectivity index (χ3n) is 0.676. The quantitative estimate of drug-likeness (QED) is 0.501. The second kappa shape index (κ2) is 2.26. The minimum Gasteiger partial charge on any atom is -0.298 e. The zero-order chi connectivity index (χ0) is 9.30. The summed E-state index contributed by atoms with van der Waals surface area (Å²) in [7, 11) is 0. The van der Waals surface area contributed by atoms with Crippen molar-refractivity contribution in [3.05, 3.63) is 35.8 Å². The van der Waals surface area contributed by atoms with E-state index in [1.54, 1.807) is 0 Å². The number of aldehydes is 1. The molecule has 0 amide bonds. The molecule has 0 heterocycles. The maximum atomic E-state index is 10.3. The van der Waals surface area contributed by atoms with Gasteiger partial charge in [-0.05, 0) is 0 Å². The van der Waals surface area contributed by atoms with Crippen LogP contribution in [0.4, 0.5) is 0 Å². The molecule has 1 aromatic carbocycles. The average Bonchev–Trinajstić information content (AvgIpc) is 2.02. The van der Waals surface area contributed by atoms with E-state index in [-0.39, 0.29) is 29.7 Å². The lowest BCUT2D eigenvalue weighted by Crippen LogP contribution is -1.73. The fourth-order valence-corrected chi connectivity index (χ4v) is 0.354. The van der Waals surface area contributed by atoms with E-state index in [0.717, 1.165) is 6.07 Å². The molecule has 1 heteroatoms. The summed E-state index contributed by atoms with van der Waals surface area (Å²) >= 11 is 0. The third kappa shape index (κ3) is 0.936. The summed E-state index contributed by atoms with van der Waals surface area (Å²) in [6.45, 7) is 0. The van der Waals surface area contributed by atoms with Crippen LogP contribution in [-0.4, -0.2) is 6.29 Å². The highest BCUT2D eigenvalue weighted by Crippen LogP contribution is 1.91. The smallest absolute Gasteiger partial charge is 0.150 e. The van der Waals surface area contributed by atoms with E-state index in [4.69, 9.17) is 5.48 Å². The van der Waals surface area contributed by atoms with Gasteiger partial charge in [-0.1, -0.05) is 30.2 Å². The second-order valence-corrected chi connectivity index (χ2v) is 1.21. The summed E-state index contributed by atoms with van der Waals surface area (Å²) in [6.07, 6.45) is 0.334. The molecule has 0 saturated carbocycles. The van der Waals surface area contributed by atoms with E-state index in [9.17, 15) is 4.79 Å². The average molecular weight is 110 g/mol. The molecule has 1 aromatic rings. The number of rotatable bonds is 1. The maximum absolute atomic E-state index is 10.3. The highest BCUT2D eigenvalue weighted by atomic mass is 16.1. The van der Waals surface area contributed by atoms with Crippen LogP contribution < -0.4 is 0 Å². The van der Waals surface area contributed by atoms with Crippen LogP contribution in [0.2, 0.25) is 0 Å². The first kappa shape index (κ1) is 2.02. The Morgan fingerprint density at radius 3 is 2.62 bits per heavy atom. The molecule has 0 atom stereocenters. The predicted molar refractivity (Wildman–Crippen MR) is 31.8 cm³/mol. The van der Waals surface area contributed by atoms with Crippen molar-refractivity contribution in [3.63, 3.8) is 0 Å². The minimum atomic E-state index is -0.286. The monoisotopic (exact) mass is 110 g/mol. The molecule has 0 aliphatic heterocycles. The first-order chi connectivity index (χ1) is 5.57. The molecule has 0 radical (unpaired) electrons. The van der Waals surface area contributed by atoms with Gasteiger partial charge >= 0.3 is 0 Å². The summed E-state index contributed by atoms with van der Waals surface area (Å²) in [5, 5.41) is 0. The normalized spacial score (nSPS) is 15.5. The van der Waals surface area contributed by atoms with Crippen molar-refractivity contribution in [3.8, 4) is 0 Å². The van der Waals surface area contributed by atoms with Gasteiger partial charge in [0.15, 0.2) is 0 Å². The minimum absolute atomic E-state index is 0.187. The van der Waals surface area contributed by atoms with Crippen molar-refractivity contribution in [2.24, 2.45) is 0 Å². The van der Waals surface area contributed by atoms with Gasteiger partial charge in [0.2, 0.25) is 0 Å². The highest BCUT2D eigenvalue weighted by Gasteiger charge is 1.79. The van der Waals surface area contributed by atoms with Crippen LogP contribution in [0.15, 0.2) is 30.2 Å². The lowest BCUT2D eigenvalue weighted by atomic mass is 10.2. The summed E-state index contributed by atoms with van der Waals surface area (Å²) in [5.41, 5.74) is -0.187. The van der Waals surface area contributed by atoms with E-state index in [1.165, 1.54) is 0 Å². The van der Waals surface area contributed by atoms with Crippen LogP contribution in [0.25, 0.3) is 0 Å². The Kier molecular flexibility index (Phi) is 0.570. The summed E-state index contributed by atoms with van der Waals surface area (Å²) in [5.74, 6) is 0. The van der Waals surface area contributed by atoms with Crippen molar-refractivity contribution in [1.82, 2.24) is 0 Å². The Morgan fingerprint density at radius 1 is 1.50 bits per heavy atom. The maximum Gasteiger partial charge on any atom is 0.150 e. The van der Waals surface area contributed by atoms with E-state index in [0.29, 0.717) is 6.29 Å². The SMILES string of the molecule is [2H]c1cc([2H])c([2H])c(C=O)c1[2H]. The number of carbonyl (C=O) groups is 1. The molecule has 8 heavy (non-hydrogen) atoms. The van der Waals surface area contributed by atoms with Gasteiger partial charge < -0.3 is 0 Å². The van der Waals surface area contributed by atoms with Crippen molar-refractivity contribution >= 4 is 6.29 Å². The number of hydrogen-bond donors (Lipinski definition) is 0. The lowest BCUT2D eigenvalue weighted by molar-refractivity contribution is 0.112. The van der Waals surface area contributed by atoms with Crippen LogP contribution >= 0.6 is 0 Å². The van der Waals surface area contributed by atoms with Gasteiger partial charge in [0.05, 0.1) is 5.48 Å². The molecular formula is C7H6O. The van der Waals surface area contributed by atoms with Crippen LogP contribution in [-0.2, 0) is 0 Å². The number of benzene rings is 1. The molecular weight excluding hydrogens is 100 g/mol. The van der Waals surface area contributed by atoms with Crippen LogP contribution in [0.1, 0.15) is 15.8 Å².